The van der Waals surface area contributed by atoms with Crippen LogP contribution < -0.4 is 0 Å². The minimum atomic E-state index is -0.375. The molecule has 3 aliphatic carbocycles. The van der Waals surface area contributed by atoms with Crippen molar-refractivity contribution in [1.82, 2.24) is 9.55 Å². The Balaban J connectivity index is 1.40. The van der Waals surface area contributed by atoms with Crippen LogP contribution in [0.25, 0.3) is 0 Å². The van der Waals surface area contributed by atoms with E-state index in [1.54, 1.807) is 28.2 Å². The lowest BCUT2D eigenvalue weighted by Gasteiger charge is -2.39. The number of fused-ring (bicyclic) bond motifs is 2. The molecular weight excluding hydrogens is 364 g/mol. The summed E-state index contributed by atoms with van der Waals surface area (Å²) in [6, 6.07) is 0. The second-order valence-corrected chi connectivity index (χ2v) is 9.72. The number of hydrogen-bond acceptors (Lipinski definition) is 4. The molecule has 0 unspecified atom stereocenters. The molecule has 1 saturated heterocycles. The van der Waals surface area contributed by atoms with E-state index in [1.807, 2.05) is 7.05 Å². The third kappa shape index (κ3) is 2.93. The van der Waals surface area contributed by atoms with Crippen LogP contribution >= 0.6 is 0 Å². The van der Waals surface area contributed by atoms with Crippen molar-refractivity contribution >= 4 is 5.97 Å². The van der Waals surface area contributed by atoms with Gasteiger partial charge in [0.05, 0.1) is 12.4 Å². The van der Waals surface area contributed by atoms with Gasteiger partial charge in [0.15, 0.2) is 5.69 Å². The summed E-state index contributed by atoms with van der Waals surface area (Å²) in [5, 5.41) is 0. The largest absolute Gasteiger partial charge is 0.456 e. The Morgan fingerprint density at radius 3 is 2.90 bits per heavy atom. The molecule has 1 aromatic heterocycles. The Bertz CT molecular complexity index is 967. The van der Waals surface area contributed by atoms with Crippen LogP contribution in [-0.2, 0) is 16.5 Å². The Labute approximate surface area is 172 Å². The molecule has 0 aromatic carbocycles. The summed E-state index contributed by atoms with van der Waals surface area (Å²) in [5.74, 6) is 0.200. The lowest BCUT2D eigenvalue weighted by atomic mass is 9.64. The van der Waals surface area contributed by atoms with Crippen LogP contribution in [0.5, 0.6) is 0 Å². The standard InChI is InChI=1S/C24H30N2O3/c1-15(2)17-7-8-23(3)9-10-24-18(21(17)23)6-5-16(11-20(24)29-24)13-28-22(27)19-12-26(4)14-25-19/h5-6,12,14-15,20H,7-11,13H2,1-4H3/t20-,23+,24-/m0/s1. The fourth-order valence-corrected chi connectivity index (χ4v) is 5.65. The molecule has 5 nitrogen and oxygen atoms in total. The average Bonchev–Trinajstić information content (AvgIpc) is 3.00. The summed E-state index contributed by atoms with van der Waals surface area (Å²) in [5.41, 5.74) is 6.24. The Morgan fingerprint density at radius 2 is 2.17 bits per heavy atom. The Hall–Kier alpha value is -2.14. The van der Waals surface area contributed by atoms with E-state index in [4.69, 9.17) is 9.47 Å². The first kappa shape index (κ1) is 18.9. The first-order valence-corrected chi connectivity index (χ1v) is 10.8. The SMILES string of the molecule is CC(C)C1=C2C3=CC=C(COC(=O)c4cn(C)cn4)C[C@@H]4O[C@@]34CC[C@@]2(C)CC1. The summed E-state index contributed by atoms with van der Waals surface area (Å²) in [4.78, 5) is 16.3. The molecule has 0 bridgehead atoms. The van der Waals surface area contributed by atoms with E-state index in [2.05, 4.69) is 37.9 Å². The number of aryl methyl sites for hydroxylation is 1. The maximum atomic E-state index is 12.3. The summed E-state index contributed by atoms with van der Waals surface area (Å²) in [7, 11) is 1.84. The maximum absolute atomic E-state index is 12.3. The minimum Gasteiger partial charge on any atom is -0.456 e. The van der Waals surface area contributed by atoms with Crippen molar-refractivity contribution in [2.45, 2.75) is 64.6 Å². The molecule has 2 heterocycles. The molecule has 1 spiro atoms. The number of carbonyl (C=O) groups excluding carboxylic acids is 1. The summed E-state index contributed by atoms with van der Waals surface area (Å²) in [6.45, 7) is 7.36. The Morgan fingerprint density at radius 1 is 1.34 bits per heavy atom. The van der Waals surface area contributed by atoms with E-state index in [0.717, 1.165) is 18.4 Å². The van der Waals surface area contributed by atoms with Crippen LogP contribution in [-0.4, -0.2) is 33.8 Å². The van der Waals surface area contributed by atoms with Crippen molar-refractivity contribution in [3.8, 4) is 0 Å². The van der Waals surface area contributed by atoms with E-state index in [1.165, 1.54) is 24.8 Å². The number of ether oxygens (including phenoxy) is 2. The Kier molecular flexibility index (Phi) is 4.18. The molecule has 0 amide bonds. The molecule has 0 radical (unpaired) electrons. The molecular formula is C24H30N2O3. The second kappa shape index (κ2) is 6.43. The predicted octanol–water partition coefficient (Wildman–Crippen LogP) is 4.52. The molecule has 5 heteroatoms. The van der Waals surface area contributed by atoms with Crippen LogP contribution in [0.15, 0.2) is 47.0 Å². The maximum Gasteiger partial charge on any atom is 0.358 e. The molecule has 29 heavy (non-hydrogen) atoms. The number of epoxide rings is 1. The highest BCUT2D eigenvalue weighted by Crippen LogP contribution is 2.65. The molecule has 1 aliphatic heterocycles. The topological polar surface area (TPSA) is 56.7 Å². The molecule has 4 aliphatic rings. The van der Waals surface area contributed by atoms with Crippen molar-refractivity contribution in [3.63, 3.8) is 0 Å². The summed E-state index contributed by atoms with van der Waals surface area (Å²) in [6.07, 6.45) is 13.5. The van der Waals surface area contributed by atoms with Gasteiger partial charge in [0, 0.05) is 19.7 Å². The van der Waals surface area contributed by atoms with Gasteiger partial charge in [-0.15, -0.1) is 0 Å². The third-order valence-electron chi connectivity index (χ3n) is 7.39. The van der Waals surface area contributed by atoms with Gasteiger partial charge in [-0.05, 0) is 53.7 Å². The summed E-state index contributed by atoms with van der Waals surface area (Å²) >= 11 is 0. The van der Waals surface area contributed by atoms with Gasteiger partial charge in [0.1, 0.15) is 12.2 Å². The monoisotopic (exact) mass is 394 g/mol. The van der Waals surface area contributed by atoms with Gasteiger partial charge in [-0.2, -0.15) is 0 Å². The molecule has 1 aromatic rings. The fourth-order valence-electron chi connectivity index (χ4n) is 5.65. The smallest absolute Gasteiger partial charge is 0.358 e. The van der Waals surface area contributed by atoms with Crippen molar-refractivity contribution in [1.29, 1.82) is 0 Å². The molecule has 0 N–H and O–H groups in total. The number of esters is 1. The highest BCUT2D eigenvalue weighted by atomic mass is 16.6. The van der Waals surface area contributed by atoms with Crippen molar-refractivity contribution in [2.24, 2.45) is 18.4 Å². The zero-order valence-corrected chi connectivity index (χ0v) is 17.8. The lowest BCUT2D eigenvalue weighted by molar-refractivity contribution is 0.0530. The quantitative estimate of drug-likeness (QED) is 0.557. The van der Waals surface area contributed by atoms with Gasteiger partial charge in [-0.25, -0.2) is 9.78 Å². The zero-order valence-electron chi connectivity index (χ0n) is 17.8. The van der Waals surface area contributed by atoms with Gasteiger partial charge >= 0.3 is 5.97 Å². The second-order valence-electron chi connectivity index (χ2n) is 9.72. The van der Waals surface area contributed by atoms with Crippen LogP contribution in [0.1, 0.15) is 63.4 Å². The van der Waals surface area contributed by atoms with E-state index < -0.39 is 0 Å². The van der Waals surface area contributed by atoms with Gasteiger partial charge in [-0.1, -0.05) is 38.5 Å². The number of hydrogen-bond donors (Lipinski definition) is 0. The van der Waals surface area contributed by atoms with E-state index in [-0.39, 0.29) is 23.1 Å². The number of carbonyl (C=O) groups is 1. The van der Waals surface area contributed by atoms with Gasteiger partial charge in [0.2, 0.25) is 0 Å². The van der Waals surface area contributed by atoms with Crippen LogP contribution in [0.4, 0.5) is 0 Å². The van der Waals surface area contributed by atoms with Crippen LogP contribution in [0.2, 0.25) is 0 Å². The average molecular weight is 395 g/mol. The van der Waals surface area contributed by atoms with Crippen molar-refractivity contribution in [3.05, 3.63) is 52.7 Å². The summed E-state index contributed by atoms with van der Waals surface area (Å²) < 4.78 is 13.6. The van der Waals surface area contributed by atoms with E-state index in [0.29, 0.717) is 18.2 Å². The first-order valence-electron chi connectivity index (χ1n) is 10.8. The fraction of sp³-hybridized carbons (Fsp3) is 0.583. The molecule has 3 atom stereocenters. The van der Waals surface area contributed by atoms with E-state index in [9.17, 15) is 4.79 Å². The molecule has 2 fully saturated rings. The normalized spacial score (nSPS) is 32.8. The minimum absolute atomic E-state index is 0.109. The highest BCUT2D eigenvalue weighted by Gasteiger charge is 2.64. The number of aromatic nitrogens is 2. The van der Waals surface area contributed by atoms with Crippen LogP contribution in [0, 0.1) is 11.3 Å². The number of imidazole rings is 1. The highest BCUT2D eigenvalue weighted by molar-refractivity contribution is 5.87. The van der Waals surface area contributed by atoms with Crippen LogP contribution in [0.3, 0.4) is 0 Å². The molecule has 1 saturated carbocycles. The van der Waals surface area contributed by atoms with Gasteiger partial charge in [-0.3, -0.25) is 0 Å². The predicted molar refractivity (Wildman–Crippen MR) is 110 cm³/mol. The van der Waals surface area contributed by atoms with E-state index >= 15 is 0 Å². The number of nitrogens with zero attached hydrogens (tertiary/aromatic N) is 2. The molecule has 154 valence electrons. The lowest BCUT2D eigenvalue weighted by Crippen LogP contribution is -2.34. The zero-order chi connectivity index (χ0) is 20.4. The number of rotatable bonds is 4. The van der Waals surface area contributed by atoms with Gasteiger partial charge in [0.25, 0.3) is 0 Å². The van der Waals surface area contributed by atoms with Gasteiger partial charge < -0.3 is 14.0 Å². The first-order chi connectivity index (χ1) is 13.8. The van der Waals surface area contributed by atoms with Crippen molar-refractivity contribution in [2.75, 3.05) is 6.61 Å². The number of allylic oxidation sites excluding steroid dienone is 3. The molecule has 5 rings (SSSR count). The van der Waals surface area contributed by atoms with Crippen molar-refractivity contribution < 1.29 is 14.3 Å². The third-order valence-corrected chi connectivity index (χ3v) is 7.39.